The fourth-order valence-electron chi connectivity index (χ4n) is 2.96. The molecule has 3 rings (SSSR count). The number of hydrogen-bond donors (Lipinski definition) is 2. The topological polar surface area (TPSA) is 63.5 Å². The molecule has 1 aromatic heterocycles. The smallest absolute Gasteiger partial charge is 0.191 e. The number of guanidine groups is 1. The van der Waals surface area contributed by atoms with Crippen molar-refractivity contribution in [2.45, 2.75) is 25.4 Å². The van der Waals surface area contributed by atoms with Gasteiger partial charge in [-0.05, 0) is 48.1 Å². The van der Waals surface area contributed by atoms with Crippen molar-refractivity contribution in [2.24, 2.45) is 4.99 Å². The van der Waals surface area contributed by atoms with Crippen molar-refractivity contribution in [3.05, 3.63) is 52.9 Å². The predicted octanol–water partition coefficient (Wildman–Crippen LogP) is 3.57. The molecule has 0 atom stereocenters. The highest BCUT2D eigenvalue weighted by Crippen LogP contribution is 2.24. The van der Waals surface area contributed by atoms with Crippen molar-refractivity contribution >= 4 is 46.3 Å². The zero-order chi connectivity index (χ0) is 17.5. The number of rotatable bonds is 4. The highest BCUT2D eigenvalue weighted by molar-refractivity contribution is 14.0. The van der Waals surface area contributed by atoms with E-state index in [1.807, 2.05) is 24.3 Å². The minimum Gasteiger partial charge on any atom is -0.363 e. The zero-order valence-corrected chi connectivity index (χ0v) is 18.0. The lowest BCUT2D eigenvalue weighted by atomic mass is 10.1. The van der Waals surface area contributed by atoms with Gasteiger partial charge in [-0.1, -0.05) is 12.1 Å². The van der Waals surface area contributed by atoms with Gasteiger partial charge in [0.15, 0.2) is 5.96 Å². The quantitative estimate of drug-likeness (QED) is 0.398. The van der Waals surface area contributed by atoms with Crippen molar-refractivity contribution in [3.8, 4) is 6.07 Å². The van der Waals surface area contributed by atoms with Crippen molar-refractivity contribution in [2.75, 3.05) is 25.0 Å². The number of nitriles is 1. The summed E-state index contributed by atoms with van der Waals surface area (Å²) in [4.78, 5) is 6.78. The maximum absolute atomic E-state index is 8.85. The Bertz CT molecular complexity index is 728. The average molecular weight is 481 g/mol. The average Bonchev–Trinajstić information content (AvgIpc) is 3.21. The van der Waals surface area contributed by atoms with E-state index in [2.05, 4.69) is 44.1 Å². The van der Waals surface area contributed by atoms with Gasteiger partial charge in [-0.15, -0.1) is 35.3 Å². The van der Waals surface area contributed by atoms with Crippen molar-refractivity contribution < 1.29 is 0 Å². The Labute approximate surface area is 176 Å². The van der Waals surface area contributed by atoms with Gasteiger partial charge in [0.05, 0.1) is 16.6 Å². The van der Waals surface area contributed by atoms with Crippen molar-refractivity contribution in [3.63, 3.8) is 0 Å². The second-order valence-electron chi connectivity index (χ2n) is 6.09. The molecule has 0 unspecified atom stereocenters. The molecule has 0 radical (unpaired) electrons. The molecule has 1 aromatic carbocycles. The molecule has 138 valence electrons. The Morgan fingerprint density at radius 2 is 2.00 bits per heavy atom. The molecule has 1 fully saturated rings. The molecule has 1 aliphatic heterocycles. The van der Waals surface area contributed by atoms with Crippen molar-refractivity contribution in [1.82, 2.24) is 10.6 Å². The molecule has 0 spiro atoms. The van der Waals surface area contributed by atoms with E-state index in [9.17, 15) is 0 Å². The first kappa shape index (κ1) is 20.5. The third-order valence-electron chi connectivity index (χ3n) is 4.42. The monoisotopic (exact) mass is 481 g/mol. The zero-order valence-electron chi connectivity index (χ0n) is 14.8. The summed E-state index contributed by atoms with van der Waals surface area (Å²) >= 11 is 1.81. The van der Waals surface area contributed by atoms with Gasteiger partial charge in [-0.25, -0.2) is 0 Å². The van der Waals surface area contributed by atoms with Gasteiger partial charge in [0, 0.05) is 32.7 Å². The number of nitrogens with one attached hydrogen (secondary N) is 2. The second-order valence-corrected chi connectivity index (χ2v) is 7.02. The molecule has 0 amide bonds. The van der Waals surface area contributed by atoms with Gasteiger partial charge in [0.1, 0.15) is 0 Å². The molecule has 1 saturated heterocycles. The third kappa shape index (κ3) is 5.61. The molecule has 1 aliphatic rings. The summed E-state index contributed by atoms with van der Waals surface area (Å²) in [6, 6.07) is 14.5. The van der Waals surface area contributed by atoms with Crippen LogP contribution in [-0.4, -0.2) is 32.1 Å². The van der Waals surface area contributed by atoms with Crippen LogP contribution in [-0.2, 0) is 6.54 Å². The van der Waals surface area contributed by atoms with Crippen molar-refractivity contribution in [1.29, 1.82) is 5.26 Å². The van der Waals surface area contributed by atoms with Crippen LogP contribution in [0.2, 0.25) is 0 Å². The van der Waals surface area contributed by atoms with E-state index < -0.39 is 0 Å². The lowest BCUT2D eigenvalue weighted by Gasteiger charge is -2.33. The van der Waals surface area contributed by atoms with E-state index in [-0.39, 0.29) is 24.0 Å². The SMILES string of the molecule is CN=C(NCc1ccc(C#N)cc1)NC1CCN(c2cccs2)CC1.I. The fourth-order valence-corrected chi connectivity index (χ4v) is 3.75. The van der Waals surface area contributed by atoms with E-state index in [4.69, 9.17) is 5.26 Å². The van der Waals surface area contributed by atoms with Gasteiger partial charge in [-0.2, -0.15) is 5.26 Å². The maximum atomic E-state index is 8.85. The number of anilines is 1. The van der Waals surface area contributed by atoms with Gasteiger partial charge in [0.25, 0.3) is 0 Å². The van der Waals surface area contributed by atoms with Gasteiger partial charge in [0.2, 0.25) is 0 Å². The number of aliphatic imine (C=N–C) groups is 1. The van der Waals surface area contributed by atoms with E-state index in [1.165, 1.54) is 5.00 Å². The number of thiophene rings is 1. The Kier molecular flexibility index (Phi) is 8.19. The lowest BCUT2D eigenvalue weighted by Crippen LogP contribution is -2.48. The van der Waals surface area contributed by atoms with Crippen LogP contribution in [0.3, 0.4) is 0 Å². The second kappa shape index (κ2) is 10.4. The van der Waals surface area contributed by atoms with Gasteiger partial charge in [-0.3, -0.25) is 4.99 Å². The molecule has 2 aromatic rings. The first-order valence-corrected chi connectivity index (χ1v) is 9.41. The van der Waals surface area contributed by atoms with E-state index in [0.717, 1.165) is 37.5 Å². The standard InChI is InChI=1S/C19H23N5S.HI/c1-21-19(22-14-16-6-4-15(13-20)5-7-16)23-17-8-10-24(11-9-17)18-3-2-12-25-18;/h2-7,12,17H,8-11,14H2,1H3,(H2,21,22,23);1H. The molecule has 2 N–H and O–H groups in total. The highest BCUT2D eigenvalue weighted by atomic mass is 127. The Morgan fingerprint density at radius 1 is 1.27 bits per heavy atom. The molecule has 0 bridgehead atoms. The summed E-state index contributed by atoms with van der Waals surface area (Å²) in [5.74, 6) is 0.832. The molecular formula is C19H24IN5S. The third-order valence-corrected chi connectivity index (χ3v) is 5.35. The van der Waals surface area contributed by atoms with Crippen LogP contribution >= 0.6 is 35.3 Å². The van der Waals surface area contributed by atoms with E-state index in [1.54, 1.807) is 18.4 Å². The van der Waals surface area contributed by atoms with Crippen LogP contribution in [0.1, 0.15) is 24.0 Å². The number of piperidine rings is 1. The molecule has 2 heterocycles. The first-order chi connectivity index (χ1) is 12.3. The normalized spacial score (nSPS) is 15.1. The Hall–Kier alpha value is -1.79. The van der Waals surface area contributed by atoms with Crippen LogP contribution in [0.25, 0.3) is 0 Å². The lowest BCUT2D eigenvalue weighted by molar-refractivity contribution is 0.463. The number of hydrogen-bond acceptors (Lipinski definition) is 4. The molecule has 0 saturated carbocycles. The van der Waals surface area contributed by atoms with Crippen LogP contribution in [0, 0.1) is 11.3 Å². The minimum absolute atomic E-state index is 0. The van der Waals surface area contributed by atoms with Gasteiger partial charge < -0.3 is 15.5 Å². The number of nitrogens with zero attached hydrogens (tertiary/aromatic N) is 3. The van der Waals surface area contributed by atoms with Crippen LogP contribution < -0.4 is 15.5 Å². The van der Waals surface area contributed by atoms with Crippen LogP contribution in [0.15, 0.2) is 46.8 Å². The molecule has 5 nitrogen and oxygen atoms in total. The fraction of sp³-hybridized carbons (Fsp3) is 0.368. The predicted molar refractivity (Wildman–Crippen MR) is 119 cm³/mol. The summed E-state index contributed by atoms with van der Waals surface area (Å²) < 4.78 is 0. The molecule has 7 heteroatoms. The Balaban J connectivity index is 0.00000243. The summed E-state index contributed by atoms with van der Waals surface area (Å²) in [5, 5.41) is 19.2. The first-order valence-electron chi connectivity index (χ1n) is 8.53. The number of benzene rings is 1. The van der Waals surface area contributed by atoms with E-state index in [0.29, 0.717) is 18.2 Å². The van der Waals surface area contributed by atoms with Crippen LogP contribution in [0.4, 0.5) is 5.00 Å². The van der Waals surface area contributed by atoms with E-state index >= 15 is 0 Å². The minimum atomic E-state index is 0. The van der Waals surface area contributed by atoms with Crippen LogP contribution in [0.5, 0.6) is 0 Å². The number of halogens is 1. The maximum Gasteiger partial charge on any atom is 0.191 e. The molecule has 0 aliphatic carbocycles. The van der Waals surface area contributed by atoms with Gasteiger partial charge >= 0.3 is 0 Å². The molecule has 26 heavy (non-hydrogen) atoms. The Morgan fingerprint density at radius 3 is 2.58 bits per heavy atom. The summed E-state index contributed by atoms with van der Waals surface area (Å²) in [6.45, 7) is 2.84. The highest BCUT2D eigenvalue weighted by Gasteiger charge is 2.20. The summed E-state index contributed by atoms with van der Waals surface area (Å²) in [5.41, 5.74) is 1.82. The molecular weight excluding hydrogens is 457 g/mol. The summed E-state index contributed by atoms with van der Waals surface area (Å²) in [6.07, 6.45) is 2.21. The summed E-state index contributed by atoms with van der Waals surface area (Å²) in [7, 11) is 1.80. The largest absolute Gasteiger partial charge is 0.363 e.